The van der Waals surface area contributed by atoms with Crippen molar-refractivity contribution in [1.29, 1.82) is 0 Å². The first-order chi connectivity index (χ1) is 17.4. The van der Waals surface area contributed by atoms with Gasteiger partial charge in [-0.2, -0.15) is 0 Å². The lowest BCUT2D eigenvalue weighted by Gasteiger charge is -2.40. The summed E-state index contributed by atoms with van der Waals surface area (Å²) in [6, 6.07) is 17.8. The van der Waals surface area contributed by atoms with Crippen LogP contribution < -0.4 is 14.8 Å². The molecule has 0 radical (unpaired) electrons. The van der Waals surface area contributed by atoms with E-state index in [0.29, 0.717) is 28.3 Å². The van der Waals surface area contributed by atoms with Gasteiger partial charge in [0.2, 0.25) is 5.91 Å². The fourth-order valence-electron chi connectivity index (χ4n) is 4.79. The van der Waals surface area contributed by atoms with Gasteiger partial charge in [-0.25, -0.2) is 4.39 Å². The number of aromatic nitrogens is 1. The fraction of sp³-hybridized carbons (Fsp3) is 0.179. The molecule has 4 aromatic rings. The van der Waals surface area contributed by atoms with E-state index >= 15 is 4.39 Å². The van der Waals surface area contributed by atoms with E-state index in [0.717, 1.165) is 10.9 Å². The van der Waals surface area contributed by atoms with E-state index in [9.17, 15) is 9.59 Å². The molecule has 1 aliphatic rings. The molecule has 0 fully saturated rings. The molecule has 0 bridgehead atoms. The maximum absolute atomic E-state index is 15.0. The van der Waals surface area contributed by atoms with Crippen molar-refractivity contribution < 1.29 is 23.5 Å². The Kier molecular flexibility index (Phi) is 6.01. The number of benzene rings is 3. The zero-order valence-corrected chi connectivity index (χ0v) is 20.0. The molecule has 1 aromatic heterocycles. The molecular weight excluding hydrogens is 461 g/mol. The predicted octanol–water partition coefficient (Wildman–Crippen LogP) is 4.94. The average Bonchev–Trinajstić information content (AvgIpc) is 2.90. The number of anilines is 1. The van der Waals surface area contributed by atoms with Crippen LogP contribution in [-0.4, -0.2) is 43.0 Å². The minimum absolute atomic E-state index is 0.241. The van der Waals surface area contributed by atoms with Gasteiger partial charge in [-0.1, -0.05) is 36.4 Å². The zero-order valence-electron chi connectivity index (χ0n) is 20.0. The van der Waals surface area contributed by atoms with E-state index in [4.69, 9.17) is 9.47 Å². The Morgan fingerprint density at radius 3 is 2.42 bits per heavy atom. The lowest BCUT2D eigenvalue weighted by atomic mass is 9.79. The molecule has 1 aliphatic heterocycles. The van der Waals surface area contributed by atoms with Gasteiger partial charge in [-0.05, 0) is 35.9 Å². The van der Waals surface area contributed by atoms with Crippen LogP contribution in [0.4, 0.5) is 10.1 Å². The molecule has 3 aromatic carbocycles. The van der Waals surface area contributed by atoms with Crippen LogP contribution in [0.25, 0.3) is 10.9 Å². The number of carbonyl (C=O) groups excluding carboxylic acids is 2. The molecule has 1 N–H and O–H groups in total. The maximum atomic E-state index is 15.0. The molecule has 0 saturated heterocycles. The smallest absolute Gasteiger partial charge is 0.254 e. The van der Waals surface area contributed by atoms with Gasteiger partial charge < -0.3 is 19.7 Å². The van der Waals surface area contributed by atoms with Gasteiger partial charge in [0.25, 0.3) is 5.91 Å². The van der Waals surface area contributed by atoms with Crippen LogP contribution in [0, 0.1) is 5.82 Å². The number of pyridine rings is 1. The van der Waals surface area contributed by atoms with Gasteiger partial charge in [0.1, 0.15) is 5.82 Å². The summed E-state index contributed by atoms with van der Waals surface area (Å²) < 4.78 is 25.9. The van der Waals surface area contributed by atoms with E-state index in [1.54, 1.807) is 43.6 Å². The number of carbonyl (C=O) groups is 2. The topological polar surface area (TPSA) is 80.8 Å². The maximum Gasteiger partial charge on any atom is 0.254 e. The second kappa shape index (κ2) is 9.30. The normalized spacial score (nSPS) is 17.0. The SMILES string of the molecule is COc1cc2c(cc1OC)[C@@H](C(=O)Nc1cnc3ccccc3c1)[C@@H](c1ccccc1F)N(C)C2=O. The highest BCUT2D eigenvalue weighted by Gasteiger charge is 2.44. The third-order valence-electron chi connectivity index (χ3n) is 6.54. The van der Waals surface area contributed by atoms with Gasteiger partial charge in [0.05, 0.1) is 43.6 Å². The van der Waals surface area contributed by atoms with Crippen molar-refractivity contribution in [3.8, 4) is 11.5 Å². The minimum atomic E-state index is -0.939. The number of hydrogen-bond donors (Lipinski definition) is 1. The third-order valence-corrected chi connectivity index (χ3v) is 6.54. The Bertz CT molecular complexity index is 1490. The minimum Gasteiger partial charge on any atom is -0.493 e. The zero-order chi connectivity index (χ0) is 25.4. The second-order valence-electron chi connectivity index (χ2n) is 8.56. The van der Waals surface area contributed by atoms with Crippen molar-refractivity contribution in [2.75, 3.05) is 26.6 Å². The number of halogens is 1. The summed E-state index contributed by atoms with van der Waals surface area (Å²) in [7, 11) is 4.52. The van der Waals surface area contributed by atoms with Crippen molar-refractivity contribution in [1.82, 2.24) is 9.88 Å². The quantitative estimate of drug-likeness (QED) is 0.433. The summed E-state index contributed by atoms with van der Waals surface area (Å²) in [6.07, 6.45) is 1.57. The molecule has 5 rings (SSSR count). The van der Waals surface area contributed by atoms with E-state index < -0.39 is 23.7 Å². The van der Waals surface area contributed by atoms with Gasteiger partial charge in [0, 0.05) is 23.6 Å². The first-order valence-electron chi connectivity index (χ1n) is 11.4. The number of likely N-dealkylation sites (N-methyl/N-ethyl adjacent to an activating group) is 1. The van der Waals surface area contributed by atoms with E-state index in [2.05, 4.69) is 10.3 Å². The summed E-state index contributed by atoms with van der Waals surface area (Å²) in [5.74, 6) is -1.47. The van der Waals surface area contributed by atoms with Crippen molar-refractivity contribution in [3.05, 3.63) is 95.4 Å². The standard InChI is InChI=1S/C28H24FN3O4/c1-32-26(18-9-5-6-10-21(18)29)25(19-13-23(35-2)24(36-3)14-20(19)28(32)34)27(33)31-17-12-16-8-4-7-11-22(16)30-15-17/h4-15,25-26H,1-3H3,(H,31,33)/t25-,26-/m1/s1. The summed E-state index contributed by atoms with van der Waals surface area (Å²) in [6.45, 7) is 0. The average molecular weight is 486 g/mol. The number of para-hydroxylation sites is 1. The third kappa shape index (κ3) is 3.90. The van der Waals surface area contributed by atoms with Crippen LogP contribution in [-0.2, 0) is 4.79 Å². The number of hydrogen-bond acceptors (Lipinski definition) is 5. The van der Waals surface area contributed by atoms with Crippen molar-refractivity contribution in [2.24, 2.45) is 0 Å². The highest BCUT2D eigenvalue weighted by atomic mass is 19.1. The van der Waals surface area contributed by atoms with Gasteiger partial charge in [0.15, 0.2) is 11.5 Å². The van der Waals surface area contributed by atoms with Crippen molar-refractivity contribution in [3.63, 3.8) is 0 Å². The molecule has 2 amide bonds. The van der Waals surface area contributed by atoms with Gasteiger partial charge in [-0.15, -0.1) is 0 Å². The van der Waals surface area contributed by atoms with Gasteiger partial charge in [-0.3, -0.25) is 14.6 Å². The Morgan fingerprint density at radius 2 is 1.67 bits per heavy atom. The molecule has 0 saturated carbocycles. The summed E-state index contributed by atoms with van der Waals surface area (Å²) in [5, 5.41) is 3.80. The van der Waals surface area contributed by atoms with Gasteiger partial charge >= 0.3 is 0 Å². The van der Waals surface area contributed by atoms with Crippen LogP contribution in [0.2, 0.25) is 0 Å². The lowest BCUT2D eigenvalue weighted by molar-refractivity contribution is -0.119. The number of nitrogens with zero attached hydrogens (tertiary/aromatic N) is 2. The lowest BCUT2D eigenvalue weighted by Crippen LogP contribution is -2.44. The molecule has 182 valence electrons. The van der Waals surface area contributed by atoms with Crippen molar-refractivity contribution in [2.45, 2.75) is 12.0 Å². The first kappa shape index (κ1) is 23.3. The van der Waals surface area contributed by atoms with E-state index in [1.807, 2.05) is 30.3 Å². The molecule has 2 heterocycles. The number of amides is 2. The van der Waals surface area contributed by atoms with E-state index in [1.165, 1.54) is 25.2 Å². The molecule has 8 heteroatoms. The Balaban J connectivity index is 1.65. The van der Waals surface area contributed by atoms with Crippen molar-refractivity contribution >= 4 is 28.4 Å². The Morgan fingerprint density at radius 1 is 0.972 bits per heavy atom. The molecule has 36 heavy (non-hydrogen) atoms. The van der Waals surface area contributed by atoms with Crippen LogP contribution >= 0.6 is 0 Å². The van der Waals surface area contributed by atoms with Crippen LogP contribution in [0.3, 0.4) is 0 Å². The number of fused-ring (bicyclic) bond motifs is 2. The Hall–Kier alpha value is -4.46. The molecule has 7 nitrogen and oxygen atoms in total. The van der Waals surface area contributed by atoms with Crippen LogP contribution in [0.5, 0.6) is 11.5 Å². The number of methoxy groups -OCH3 is 2. The summed E-state index contributed by atoms with van der Waals surface area (Å²) >= 11 is 0. The Labute approximate surface area is 207 Å². The highest BCUT2D eigenvalue weighted by molar-refractivity contribution is 6.05. The summed E-state index contributed by atoms with van der Waals surface area (Å²) in [4.78, 5) is 33.1. The molecular formula is C28H24FN3O4. The monoisotopic (exact) mass is 485 g/mol. The molecule has 0 aliphatic carbocycles. The molecule has 2 atom stereocenters. The number of nitrogens with one attached hydrogen (secondary N) is 1. The largest absolute Gasteiger partial charge is 0.493 e. The molecule has 0 spiro atoms. The second-order valence-corrected chi connectivity index (χ2v) is 8.56. The number of ether oxygens (including phenoxy) is 2. The molecule has 0 unspecified atom stereocenters. The first-order valence-corrected chi connectivity index (χ1v) is 11.4. The van der Waals surface area contributed by atoms with Crippen LogP contribution in [0.1, 0.15) is 33.4 Å². The fourth-order valence-corrected chi connectivity index (χ4v) is 4.79. The summed E-state index contributed by atoms with van der Waals surface area (Å²) in [5.41, 5.74) is 2.25. The number of rotatable bonds is 5. The van der Waals surface area contributed by atoms with Crippen LogP contribution in [0.15, 0.2) is 72.9 Å². The predicted molar refractivity (Wildman–Crippen MR) is 134 cm³/mol. The van der Waals surface area contributed by atoms with E-state index in [-0.39, 0.29) is 11.5 Å². The highest BCUT2D eigenvalue weighted by Crippen LogP contribution is 2.46.